The van der Waals surface area contributed by atoms with Gasteiger partial charge in [-0.05, 0) is 17.7 Å². The third-order valence-electron chi connectivity index (χ3n) is 2.60. The molecule has 0 bridgehead atoms. The van der Waals surface area contributed by atoms with Crippen LogP contribution in [0.2, 0.25) is 0 Å². The van der Waals surface area contributed by atoms with Crippen LogP contribution in [0.1, 0.15) is 25.5 Å². The molecule has 0 fully saturated rings. The fraction of sp³-hybridized carbons (Fsp3) is 0.333. The predicted octanol–water partition coefficient (Wildman–Crippen LogP) is 1.38. The minimum atomic E-state index is -1.18. The average molecular weight is 235 g/mol. The van der Waals surface area contributed by atoms with E-state index in [-0.39, 0.29) is 11.7 Å². The highest BCUT2D eigenvalue weighted by Gasteiger charge is 2.20. The maximum Gasteiger partial charge on any atom is 0.417 e. The molecule has 5 nitrogen and oxygen atoms in total. The van der Waals surface area contributed by atoms with Gasteiger partial charge in [0.2, 0.25) is 0 Å². The zero-order valence-electron chi connectivity index (χ0n) is 9.56. The van der Waals surface area contributed by atoms with E-state index in [9.17, 15) is 14.7 Å². The van der Waals surface area contributed by atoms with Crippen LogP contribution >= 0.6 is 0 Å². The highest BCUT2D eigenvalue weighted by atomic mass is 16.4. The fourth-order valence-corrected chi connectivity index (χ4v) is 1.61. The maximum atomic E-state index is 11.6. The molecule has 2 rings (SSSR count). The number of benzene rings is 1. The molecule has 0 radical (unpaired) electrons. The molecule has 5 heteroatoms. The normalized spacial score (nSPS) is 13.2. The molecule has 0 amide bonds. The van der Waals surface area contributed by atoms with Crippen LogP contribution in [0.3, 0.4) is 0 Å². The molecule has 17 heavy (non-hydrogen) atoms. The Morgan fingerprint density at radius 1 is 1.41 bits per heavy atom. The highest BCUT2D eigenvalue weighted by molar-refractivity contribution is 5.86. The zero-order chi connectivity index (χ0) is 12.6. The molecule has 0 saturated carbocycles. The lowest BCUT2D eigenvalue weighted by molar-refractivity contribution is -0.130. The van der Waals surface area contributed by atoms with Gasteiger partial charge in [-0.15, -0.1) is 0 Å². The van der Waals surface area contributed by atoms with E-state index >= 15 is 0 Å². The second-order valence-electron chi connectivity index (χ2n) is 4.23. The molecule has 2 aromatic rings. The number of nitrogens with one attached hydrogen (secondary N) is 1. The Labute approximate surface area is 97.1 Å². The molecule has 1 aromatic carbocycles. The number of fused-ring (bicyclic) bond motifs is 1. The summed E-state index contributed by atoms with van der Waals surface area (Å²) in [4.78, 5) is 25.1. The Bertz CT molecular complexity index is 608. The van der Waals surface area contributed by atoms with Crippen molar-refractivity contribution in [1.82, 2.24) is 4.98 Å². The SMILES string of the molecule is CC(C)C(=O)C(O)c1ccc2[nH]c(=O)oc2c1. The van der Waals surface area contributed by atoms with Gasteiger partial charge < -0.3 is 9.52 Å². The largest absolute Gasteiger partial charge is 0.417 e. The number of hydrogen-bond acceptors (Lipinski definition) is 4. The number of aromatic amines is 1. The minimum absolute atomic E-state index is 0.251. The van der Waals surface area contributed by atoms with E-state index in [4.69, 9.17) is 4.42 Å². The summed E-state index contributed by atoms with van der Waals surface area (Å²) < 4.78 is 4.87. The van der Waals surface area contributed by atoms with E-state index in [1.54, 1.807) is 26.0 Å². The van der Waals surface area contributed by atoms with Gasteiger partial charge in [-0.3, -0.25) is 9.78 Å². The number of rotatable bonds is 3. The van der Waals surface area contributed by atoms with Crippen molar-refractivity contribution in [2.24, 2.45) is 5.92 Å². The maximum absolute atomic E-state index is 11.6. The van der Waals surface area contributed by atoms with Crippen molar-refractivity contribution in [2.45, 2.75) is 20.0 Å². The van der Waals surface area contributed by atoms with Gasteiger partial charge in [0.15, 0.2) is 11.4 Å². The van der Waals surface area contributed by atoms with Gasteiger partial charge in [0.25, 0.3) is 0 Å². The molecule has 1 unspecified atom stereocenters. The third-order valence-corrected chi connectivity index (χ3v) is 2.60. The lowest BCUT2D eigenvalue weighted by atomic mass is 9.98. The van der Waals surface area contributed by atoms with E-state index in [2.05, 4.69) is 4.98 Å². The van der Waals surface area contributed by atoms with Gasteiger partial charge in [-0.25, -0.2) is 4.79 Å². The number of H-pyrrole nitrogens is 1. The monoisotopic (exact) mass is 235 g/mol. The van der Waals surface area contributed by atoms with Crippen LogP contribution in [0.4, 0.5) is 0 Å². The number of ketones is 1. The van der Waals surface area contributed by atoms with E-state index in [1.165, 1.54) is 6.07 Å². The second-order valence-corrected chi connectivity index (χ2v) is 4.23. The van der Waals surface area contributed by atoms with Crippen LogP contribution < -0.4 is 5.76 Å². The summed E-state index contributed by atoms with van der Waals surface area (Å²) in [5.74, 6) is -1.07. The van der Waals surface area contributed by atoms with Crippen molar-refractivity contribution >= 4 is 16.9 Å². The first-order valence-electron chi connectivity index (χ1n) is 5.33. The molecular formula is C12H13NO4. The second kappa shape index (κ2) is 4.18. The average Bonchev–Trinajstić information content (AvgIpc) is 2.65. The van der Waals surface area contributed by atoms with Gasteiger partial charge >= 0.3 is 5.76 Å². The molecule has 0 aliphatic heterocycles. The van der Waals surface area contributed by atoms with E-state index in [0.29, 0.717) is 16.7 Å². The standard InChI is InChI=1S/C12H13NO4/c1-6(2)10(14)11(15)7-3-4-8-9(5-7)17-12(16)13-8/h3-6,11,15H,1-2H3,(H,13,16). The number of aliphatic hydroxyl groups is 1. The summed E-state index contributed by atoms with van der Waals surface area (Å²) >= 11 is 0. The molecule has 1 heterocycles. The van der Waals surface area contributed by atoms with Crippen LogP contribution in [-0.2, 0) is 4.79 Å². The summed E-state index contributed by atoms with van der Waals surface area (Å²) in [6, 6.07) is 4.70. The molecular weight excluding hydrogens is 222 g/mol. The Balaban J connectivity index is 2.42. The number of carbonyl (C=O) groups excluding carboxylic acids is 1. The molecule has 90 valence electrons. The van der Waals surface area contributed by atoms with Crippen LogP contribution in [0.25, 0.3) is 11.1 Å². The van der Waals surface area contributed by atoms with Crippen molar-refractivity contribution in [1.29, 1.82) is 0 Å². The molecule has 1 aromatic heterocycles. The van der Waals surface area contributed by atoms with Gasteiger partial charge in [-0.2, -0.15) is 0 Å². The quantitative estimate of drug-likeness (QED) is 0.841. The molecule has 2 N–H and O–H groups in total. The topological polar surface area (TPSA) is 83.3 Å². The number of Topliss-reactive ketones (excluding diaryl/α,β-unsaturated/α-hetero) is 1. The van der Waals surface area contributed by atoms with Crippen LogP contribution in [0, 0.1) is 5.92 Å². The third kappa shape index (κ3) is 2.14. The first-order chi connectivity index (χ1) is 7.99. The number of aliphatic hydroxyl groups excluding tert-OH is 1. The lowest BCUT2D eigenvalue weighted by Gasteiger charge is -2.11. The molecule has 1 atom stereocenters. The van der Waals surface area contributed by atoms with Crippen molar-refractivity contribution in [2.75, 3.05) is 0 Å². The first kappa shape index (κ1) is 11.6. The van der Waals surface area contributed by atoms with Crippen molar-refractivity contribution in [3.05, 3.63) is 34.3 Å². The van der Waals surface area contributed by atoms with Gasteiger partial charge in [-0.1, -0.05) is 19.9 Å². The van der Waals surface area contributed by atoms with Crippen LogP contribution in [-0.4, -0.2) is 15.9 Å². The van der Waals surface area contributed by atoms with Gasteiger partial charge in [0.05, 0.1) is 5.52 Å². The predicted molar refractivity (Wildman–Crippen MR) is 61.6 cm³/mol. The number of oxazole rings is 1. The molecule has 0 aliphatic rings. The van der Waals surface area contributed by atoms with E-state index in [0.717, 1.165) is 0 Å². The van der Waals surface area contributed by atoms with Crippen molar-refractivity contribution in [3.8, 4) is 0 Å². The lowest BCUT2D eigenvalue weighted by Crippen LogP contribution is -2.17. The van der Waals surface area contributed by atoms with Gasteiger partial charge in [0.1, 0.15) is 6.10 Å². The summed E-state index contributed by atoms with van der Waals surface area (Å²) in [6.45, 7) is 3.45. The summed E-state index contributed by atoms with van der Waals surface area (Å²) in [7, 11) is 0. The van der Waals surface area contributed by atoms with Crippen LogP contribution in [0.15, 0.2) is 27.4 Å². The molecule has 0 spiro atoms. The first-order valence-corrected chi connectivity index (χ1v) is 5.33. The zero-order valence-corrected chi connectivity index (χ0v) is 9.56. The van der Waals surface area contributed by atoms with Crippen LogP contribution in [0.5, 0.6) is 0 Å². The summed E-state index contributed by atoms with van der Waals surface area (Å²) in [5, 5.41) is 9.85. The van der Waals surface area contributed by atoms with E-state index in [1.807, 2.05) is 0 Å². The number of aromatic nitrogens is 1. The summed E-state index contributed by atoms with van der Waals surface area (Å²) in [5.41, 5.74) is 1.31. The Morgan fingerprint density at radius 2 is 2.12 bits per heavy atom. The number of hydrogen-bond donors (Lipinski definition) is 2. The molecule has 0 saturated heterocycles. The van der Waals surface area contributed by atoms with Gasteiger partial charge in [0, 0.05) is 5.92 Å². The van der Waals surface area contributed by atoms with Crippen molar-refractivity contribution < 1.29 is 14.3 Å². The minimum Gasteiger partial charge on any atom is -0.408 e. The Morgan fingerprint density at radius 3 is 2.76 bits per heavy atom. The van der Waals surface area contributed by atoms with Crippen molar-refractivity contribution in [3.63, 3.8) is 0 Å². The smallest absolute Gasteiger partial charge is 0.408 e. The molecule has 0 aliphatic carbocycles. The Kier molecular flexibility index (Phi) is 2.85. The number of carbonyl (C=O) groups is 1. The highest BCUT2D eigenvalue weighted by Crippen LogP contribution is 2.21. The van der Waals surface area contributed by atoms with E-state index < -0.39 is 11.9 Å². The fourth-order valence-electron chi connectivity index (χ4n) is 1.61. The Hall–Kier alpha value is -1.88. The summed E-state index contributed by atoms with van der Waals surface area (Å²) in [6.07, 6.45) is -1.18.